The Balaban J connectivity index is 1.06. The summed E-state index contributed by atoms with van der Waals surface area (Å²) in [5.41, 5.74) is 7.63. The van der Waals surface area contributed by atoms with Crippen molar-refractivity contribution in [1.29, 1.82) is 0 Å². The topological polar surface area (TPSA) is 221 Å². The van der Waals surface area contributed by atoms with Gasteiger partial charge in [-0.25, -0.2) is 0 Å². The molecule has 8 aromatic carbocycles. The summed E-state index contributed by atoms with van der Waals surface area (Å²) < 4.78 is 13.4. The highest BCUT2D eigenvalue weighted by atomic mass is 16.5. The van der Waals surface area contributed by atoms with Crippen LogP contribution in [0.2, 0.25) is 0 Å². The number of allylic oxidation sites excluding steroid dienone is 1. The zero-order chi connectivity index (χ0) is 47.1. The number of hydrogen-bond donors (Lipinski definition) is 10. The lowest BCUT2D eigenvalue weighted by molar-refractivity contribution is 0.221. The molecule has 0 spiro atoms. The van der Waals surface area contributed by atoms with E-state index in [-0.39, 0.29) is 57.5 Å². The molecule has 3 aliphatic rings. The van der Waals surface area contributed by atoms with E-state index in [0.29, 0.717) is 67.1 Å². The first-order valence-corrected chi connectivity index (χ1v) is 21.8. The van der Waals surface area contributed by atoms with Crippen molar-refractivity contribution in [3.05, 3.63) is 213 Å². The standard InChI is InChI=1S/C56H42O12/c57-34-7-2-28(3-8-34)53-50(31-15-36(59)22-37(60)16-31)43(44-25-42(65)26-47(66)54(44)53)13-27-1-11-48-45(14-27)51(32-17-38(61)23-39(62)18-32)56(68-48)30-6-12-49-46(21-30)52(33-19-40(63)24-41(64)20-33)55(67-49)29-4-9-35(58)10-5-29/h1-26,50-53,55-66H. The molecule has 0 saturated heterocycles. The third-order valence-electron chi connectivity index (χ3n) is 13.3. The highest BCUT2D eigenvalue weighted by Crippen LogP contribution is 2.60. The molecule has 68 heavy (non-hydrogen) atoms. The molecule has 0 amide bonds. The Morgan fingerprint density at radius 3 is 1.28 bits per heavy atom. The summed E-state index contributed by atoms with van der Waals surface area (Å²) in [6.45, 7) is 0. The normalized spacial score (nSPS) is 20.6. The summed E-state index contributed by atoms with van der Waals surface area (Å²) >= 11 is 0. The molecule has 0 aromatic heterocycles. The van der Waals surface area contributed by atoms with Crippen LogP contribution in [0.4, 0.5) is 0 Å². The van der Waals surface area contributed by atoms with Crippen LogP contribution in [0.5, 0.6) is 69.0 Å². The quantitative estimate of drug-likeness (QED) is 0.0722. The van der Waals surface area contributed by atoms with Gasteiger partial charge in [-0.2, -0.15) is 0 Å². The van der Waals surface area contributed by atoms with Gasteiger partial charge < -0.3 is 60.5 Å². The first-order chi connectivity index (χ1) is 32.7. The van der Waals surface area contributed by atoms with E-state index in [4.69, 9.17) is 9.47 Å². The first-order valence-electron chi connectivity index (χ1n) is 21.8. The van der Waals surface area contributed by atoms with Gasteiger partial charge in [0.25, 0.3) is 0 Å². The van der Waals surface area contributed by atoms with Crippen molar-refractivity contribution in [2.45, 2.75) is 35.9 Å². The van der Waals surface area contributed by atoms with Crippen LogP contribution in [0.15, 0.2) is 152 Å². The molecule has 1 aliphatic carbocycles. The summed E-state index contributed by atoms with van der Waals surface area (Å²) in [6.07, 6.45) is 0.581. The second-order valence-electron chi connectivity index (χ2n) is 17.6. The molecule has 6 atom stereocenters. The van der Waals surface area contributed by atoms with Crippen molar-refractivity contribution in [2.75, 3.05) is 0 Å². The van der Waals surface area contributed by atoms with Crippen LogP contribution in [0.3, 0.4) is 0 Å². The molecule has 0 bridgehead atoms. The SMILES string of the molecule is Oc1ccc(C2Oc3ccc(C4Oc5ccc(C=C6c7cc(O)cc(O)c7C(c7ccc(O)cc7)C6c6cc(O)cc(O)c6)cc5C4c4cc(O)cc(O)c4)cc3C2c2cc(O)cc(O)c2)cc1. The van der Waals surface area contributed by atoms with Crippen molar-refractivity contribution in [1.82, 2.24) is 0 Å². The number of benzene rings is 8. The van der Waals surface area contributed by atoms with Gasteiger partial charge in [0.15, 0.2) is 0 Å². The van der Waals surface area contributed by atoms with Crippen molar-refractivity contribution in [2.24, 2.45) is 0 Å². The molecule has 2 aliphatic heterocycles. The van der Waals surface area contributed by atoms with Crippen LogP contribution in [0, 0.1) is 0 Å². The molecular formula is C56H42O12. The number of phenolic OH excluding ortho intramolecular Hbond substituents is 10. The number of fused-ring (bicyclic) bond motifs is 3. The predicted molar refractivity (Wildman–Crippen MR) is 251 cm³/mol. The fourth-order valence-electron chi connectivity index (χ4n) is 10.6. The number of ether oxygens (including phenoxy) is 2. The minimum Gasteiger partial charge on any atom is -0.508 e. The van der Waals surface area contributed by atoms with E-state index in [1.807, 2.05) is 42.5 Å². The van der Waals surface area contributed by atoms with Gasteiger partial charge in [-0.15, -0.1) is 0 Å². The monoisotopic (exact) mass is 906 g/mol. The average Bonchev–Trinajstić information content (AvgIpc) is 3.96. The largest absolute Gasteiger partial charge is 0.508 e. The third-order valence-corrected chi connectivity index (χ3v) is 13.3. The van der Waals surface area contributed by atoms with Gasteiger partial charge >= 0.3 is 0 Å². The number of rotatable bonds is 7. The Labute approximate surface area is 388 Å². The molecular weight excluding hydrogens is 865 g/mol. The Bertz CT molecular complexity index is 3280. The Morgan fingerprint density at radius 1 is 0.324 bits per heavy atom. The van der Waals surface area contributed by atoms with Crippen LogP contribution in [0.25, 0.3) is 11.6 Å². The highest BCUT2D eigenvalue weighted by Gasteiger charge is 2.44. The van der Waals surface area contributed by atoms with E-state index in [0.717, 1.165) is 11.1 Å². The Morgan fingerprint density at radius 2 is 0.750 bits per heavy atom. The predicted octanol–water partition coefficient (Wildman–Crippen LogP) is 10.7. The zero-order valence-electron chi connectivity index (χ0n) is 35.8. The van der Waals surface area contributed by atoms with Gasteiger partial charge in [0, 0.05) is 52.8 Å². The molecule has 12 heteroatoms. The van der Waals surface area contributed by atoms with Gasteiger partial charge in [0.2, 0.25) is 0 Å². The van der Waals surface area contributed by atoms with E-state index in [9.17, 15) is 51.1 Å². The van der Waals surface area contributed by atoms with Crippen LogP contribution >= 0.6 is 0 Å². The van der Waals surface area contributed by atoms with Gasteiger partial charge in [-0.05, 0) is 141 Å². The van der Waals surface area contributed by atoms with Crippen LogP contribution in [0.1, 0.15) is 97.1 Å². The second kappa shape index (κ2) is 15.9. The maximum atomic E-state index is 11.5. The minimum atomic E-state index is -0.728. The van der Waals surface area contributed by atoms with E-state index in [1.165, 1.54) is 24.3 Å². The lowest BCUT2D eigenvalue weighted by Crippen LogP contribution is -2.13. The maximum absolute atomic E-state index is 11.5. The average molecular weight is 907 g/mol. The van der Waals surface area contributed by atoms with Crippen molar-refractivity contribution < 1.29 is 60.5 Å². The van der Waals surface area contributed by atoms with Crippen molar-refractivity contribution in [3.63, 3.8) is 0 Å². The zero-order valence-corrected chi connectivity index (χ0v) is 35.8. The molecule has 0 radical (unpaired) electrons. The van der Waals surface area contributed by atoms with Crippen molar-refractivity contribution >= 4 is 11.6 Å². The summed E-state index contributed by atoms with van der Waals surface area (Å²) in [7, 11) is 0. The lowest BCUT2D eigenvalue weighted by Gasteiger charge is -2.24. The van der Waals surface area contributed by atoms with Crippen molar-refractivity contribution in [3.8, 4) is 69.0 Å². The van der Waals surface area contributed by atoms with Crippen LogP contribution in [-0.2, 0) is 0 Å². The van der Waals surface area contributed by atoms with Crippen LogP contribution in [-0.4, -0.2) is 51.1 Å². The molecule has 11 rings (SSSR count). The molecule has 6 unspecified atom stereocenters. The van der Waals surface area contributed by atoms with Gasteiger partial charge in [-0.3, -0.25) is 0 Å². The molecule has 0 fully saturated rings. The lowest BCUT2D eigenvalue weighted by atomic mass is 9.79. The first kappa shape index (κ1) is 41.8. The summed E-state index contributed by atoms with van der Waals surface area (Å²) in [6, 6.07) is 40.5. The number of aromatic hydroxyl groups is 10. The smallest absolute Gasteiger partial charge is 0.135 e. The van der Waals surface area contributed by atoms with E-state index < -0.39 is 35.9 Å². The molecule has 338 valence electrons. The molecule has 12 nitrogen and oxygen atoms in total. The maximum Gasteiger partial charge on any atom is 0.135 e. The molecule has 8 aromatic rings. The number of phenols is 10. The van der Waals surface area contributed by atoms with Gasteiger partial charge in [0.05, 0.1) is 11.8 Å². The fraction of sp³-hybridized carbons (Fsp3) is 0.107. The fourth-order valence-corrected chi connectivity index (χ4v) is 10.6. The van der Waals surface area contributed by atoms with E-state index >= 15 is 0 Å². The van der Waals surface area contributed by atoms with Gasteiger partial charge in [-0.1, -0.05) is 42.5 Å². The highest BCUT2D eigenvalue weighted by molar-refractivity contribution is 5.93. The van der Waals surface area contributed by atoms with E-state index in [2.05, 4.69) is 0 Å². The molecule has 2 heterocycles. The van der Waals surface area contributed by atoms with Crippen LogP contribution < -0.4 is 9.47 Å². The second-order valence-corrected chi connectivity index (χ2v) is 17.6. The Hall–Kier alpha value is -8.90. The number of hydrogen-bond acceptors (Lipinski definition) is 12. The summed E-state index contributed by atoms with van der Waals surface area (Å²) in [4.78, 5) is 0. The minimum absolute atomic E-state index is 0.0422. The van der Waals surface area contributed by atoms with Gasteiger partial charge in [0.1, 0.15) is 81.2 Å². The summed E-state index contributed by atoms with van der Waals surface area (Å²) in [5, 5.41) is 107. The molecule has 10 N–H and O–H groups in total. The summed E-state index contributed by atoms with van der Waals surface area (Å²) in [5.74, 6) is -2.46. The molecule has 0 saturated carbocycles. The van der Waals surface area contributed by atoms with E-state index in [1.54, 1.807) is 91.0 Å². The third kappa shape index (κ3) is 7.28. The Kier molecular flexibility index (Phi) is 9.78.